The first-order valence-corrected chi connectivity index (χ1v) is 11.6. The summed E-state index contributed by atoms with van der Waals surface area (Å²) in [5.41, 5.74) is 2.35. The second-order valence-corrected chi connectivity index (χ2v) is 8.60. The van der Waals surface area contributed by atoms with Gasteiger partial charge in [0.05, 0.1) is 12.7 Å². The Morgan fingerprint density at radius 3 is 2.52 bits per heavy atom. The fraction of sp³-hybridized carbons (Fsp3) is 0.500. The van der Waals surface area contributed by atoms with E-state index >= 15 is 0 Å². The van der Waals surface area contributed by atoms with Gasteiger partial charge in [-0.15, -0.1) is 0 Å². The molecule has 1 aromatic carbocycles. The van der Waals surface area contributed by atoms with E-state index in [0.29, 0.717) is 17.3 Å². The van der Waals surface area contributed by atoms with Crippen molar-refractivity contribution in [2.45, 2.75) is 38.6 Å². The van der Waals surface area contributed by atoms with E-state index in [1.54, 1.807) is 6.92 Å². The molecule has 0 amide bonds. The van der Waals surface area contributed by atoms with Crippen molar-refractivity contribution in [2.24, 2.45) is 5.92 Å². The number of hydrogen-bond acceptors (Lipinski definition) is 9. The number of methoxy groups -OCH3 is 1. The van der Waals surface area contributed by atoms with E-state index in [2.05, 4.69) is 43.0 Å². The van der Waals surface area contributed by atoms with E-state index < -0.39 is 11.9 Å². The maximum absolute atomic E-state index is 12.9. The van der Waals surface area contributed by atoms with Gasteiger partial charge in [-0.1, -0.05) is 12.8 Å². The molecule has 9 nitrogen and oxygen atoms in total. The fourth-order valence-corrected chi connectivity index (χ4v) is 4.32. The van der Waals surface area contributed by atoms with Gasteiger partial charge in [-0.25, -0.2) is 4.98 Å². The molecule has 4 rings (SSSR count). The van der Waals surface area contributed by atoms with Gasteiger partial charge in [-0.05, 0) is 44.0 Å². The molecule has 2 aliphatic rings. The van der Waals surface area contributed by atoms with Crippen molar-refractivity contribution in [3.05, 3.63) is 36.0 Å². The van der Waals surface area contributed by atoms with Gasteiger partial charge in [-0.3, -0.25) is 9.59 Å². The molecular formula is C24H32N6O3. The van der Waals surface area contributed by atoms with Crippen molar-refractivity contribution in [2.75, 3.05) is 48.8 Å². The lowest BCUT2D eigenvalue weighted by Gasteiger charge is -2.29. The Hall–Kier alpha value is -3.20. The van der Waals surface area contributed by atoms with E-state index in [1.165, 1.54) is 19.0 Å². The number of piperazine rings is 1. The number of Topliss-reactive ketones (excluding diaryl/α,β-unsaturated/α-hetero) is 1. The van der Waals surface area contributed by atoms with Crippen LogP contribution < -0.4 is 20.9 Å². The van der Waals surface area contributed by atoms with Crippen molar-refractivity contribution in [3.8, 4) is 0 Å². The Balaban J connectivity index is 1.53. The maximum atomic E-state index is 12.9. The number of carbonyl (C=O) groups excluding carboxylic acids is 2. The van der Waals surface area contributed by atoms with Crippen LogP contribution in [0.15, 0.2) is 30.5 Å². The molecular weight excluding hydrogens is 420 g/mol. The quantitative estimate of drug-likeness (QED) is 0.316. The Bertz CT molecular complexity index is 969. The average Bonchev–Trinajstić information content (AvgIpc) is 3.37. The van der Waals surface area contributed by atoms with Crippen LogP contribution in [0.25, 0.3) is 0 Å². The van der Waals surface area contributed by atoms with Crippen LogP contribution in [0.4, 0.5) is 23.1 Å². The summed E-state index contributed by atoms with van der Waals surface area (Å²) in [6.45, 7) is 5.51. The molecule has 33 heavy (non-hydrogen) atoms. The molecule has 1 unspecified atom stereocenters. The van der Waals surface area contributed by atoms with E-state index in [4.69, 9.17) is 4.74 Å². The zero-order chi connectivity index (χ0) is 23.2. The number of aromatic nitrogens is 2. The number of esters is 1. The molecule has 1 saturated heterocycles. The molecule has 3 N–H and O–H groups in total. The number of anilines is 4. The van der Waals surface area contributed by atoms with Crippen LogP contribution in [0.5, 0.6) is 0 Å². The highest BCUT2D eigenvalue weighted by molar-refractivity contribution is 6.10. The number of ketones is 1. The molecule has 2 heterocycles. The number of carbonyl (C=O) groups is 2. The molecule has 1 aromatic heterocycles. The first-order chi connectivity index (χ1) is 16.0. The molecule has 1 atom stereocenters. The van der Waals surface area contributed by atoms with Crippen LogP contribution in [0.1, 0.15) is 43.0 Å². The zero-order valence-electron chi connectivity index (χ0n) is 19.3. The number of hydrogen-bond donors (Lipinski definition) is 3. The number of rotatable bonds is 8. The summed E-state index contributed by atoms with van der Waals surface area (Å²) in [4.78, 5) is 36.2. The van der Waals surface area contributed by atoms with Crippen molar-refractivity contribution in [1.82, 2.24) is 15.3 Å². The van der Waals surface area contributed by atoms with Gasteiger partial charge in [0.1, 0.15) is 11.7 Å². The molecule has 2 fully saturated rings. The van der Waals surface area contributed by atoms with Gasteiger partial charge >= 0.3 is 5.97 Å². The van der Waals surface area contributed by atoms with E-state index in [1.807, 2.05) is 12.1 Å². The predicted octanol–water partition coefficient (Wildman–Crippen LogP) is 2.98. The van der Waals surface area contributed by atoms with Crippen LogP contribution in [-0.2, 0) is 9.53 Å². The summed E-state index contributed by atoms with van der Waals surface area (Å²) in [6, 6.07) is 8.43. The van der Waals surface area contributed by atoms with Crippen molar-refractivity contribution >= 4 is 34.9 Å². The van der Waals surface area contributed by atoms with Gasteiger partial charge < -0.3 is 25.6 Å². The van der Waals surface area contributed by atoms with Crippen molar-refractivity contribution in [1.29, 1.82) is 0 Å². The first kappa shape index (κ1) is 23.0. The average molecular weight is 453 g/mol. The van der Waals surface area contributed by atoms with Crippen molar-refractivity contribution in [3.63, 3.8) is 0 Å². The highest BCUT2D eigenvalue weighted by atomic mass is 16.5. The van der Waals surface area contributed by atoms with Gasteiger partial charge in [0, 0.05) is 49.8 Å². The fourth-order valence-electron chi connectivity index (χ4n) is 4.32. The summed E-state index contributed by atoms with van der Waals surface area (Å²) in [7, 11) is 1.28. The van der Waals surface area contributed by atoms with Crippen LogP contribution in [-0.4, -0.2) is 61.1 Å². The zero-order valence-corrected chi connectivity index (χ0v) is 19.3. The SMILES string of the molecule is COC(=O)C(C)C(=O)c1cnc(Nc2ccc(N3CCNCC3)cc2)nc1NC1CCCC1. The second-order valence-electron chi connectivity index (χ2n) is 8.60. The summed E-state index contributed by atoms with van der Waals surface area (Å²) in [6.07, 6.45) is 5.84. The summed E-state index contributed by atoms with van der Waals surface area (Å²) in [5, 5.41) is 10.00. The monoisotopic (exact) mass is 452 g/mol. The lowest BCUT2D eigenvalue weighted by molar-refractivity contribution is -0.143. The number of nitrogens with one attached hydrogen (secondary N) is 3. The van der Waals surface area contributed by atoms with E-state index in [0.717, 1.165) is 57.5 Å². The molecule has 1 saturated carbocycles. The number of nitrogens with zero attached hydrogens (tertiary/aromatic N) is 3. The van der Waals surface area contributed by atoms with Gasteiger partial charge in [0.25, 0.3) is 0 Å². The third kappa shape index (κ3) is 5.60. The lowest BCUT2D eigenvalue weighted by Crippen LogP contribution is -2.43. The molecule has 1 aliphatic heterocycles. The third-order valence-electron chi connectivity index (χ3n) is 6.30. The van der Waals surface area contributed by atoms with E-state index in [-0.39, 0.29) is 11.8 Å². The van der Waals surface area contributed by atoms with Crippen LogP contribution in [0.2, 0.25) is 0 Å². The first-order valence-electron chi connectivity index (χ1n) is 11.6. The normalized spacial score (nSPS) is 17.5. The second kappa shape index (κ2) is 10.6. The number of benzene rings is 1. The minimum Gasteiger partial charge on any atom is -0.468 e. The van der Waals surface area contributed by atoms with Crippen LogP contribution >= 0.6 is 0 Å². The molecule has 2 aromatic rings. The van der Waals surface area contributed by atoms with Crippen LogP contribution in [0.3, 0.4) is 0 Å². The Kier molecular flexibility index (Phi) is 7.39. The largest absolute Gasteiger partial charge is 0.468 e. The Morgan fingerprint density at radius 2 is 1.85 bits per heavy atom. The molecule has 9 heteroatoms. The minimum absolute atomic E-state index is 0.256. The smallest absolute Gasteiger partial charge is 0.316 e. The molecule has 0 bridgehead atoms. The highest BCUT2D eigenvalue weighted by Crippen LogP contribution is 2.27. The maximum Gasteiger partial charge on any atom is 0.316 e. The summed E-state index contributed by atoms with van der Waals surface area (Å²) in [5.74, 6) is -0.989. The van der Waals surface area contributed by atoms with Gasteiger partial charge in [-0.2, -0.15) is 4.98 Å². The van der Waals surface area contributed by atoms with Gasteiger partial charge in [0.15, 0.2) is 5.78 Å². The Labute approximate surface area is 194 Å². The van der Waals surface area contributed by atoms with Crippen LogP contribution in [0, 0.1) is 5.92 Å². The predicted molar refractivity (Wildman–Crippen MR) is 128 cm³/mol. The minimum atomic E-state index is -0.918. The third-order valence-corrected chi connectivity index (χ3v) is 6.30. The standard InChI is InChI=1S/C24H32N6O3/c1-16(23(32)33-2)21(31)20-15-26-24(29-22(20)27-17-5-3-4-6-17)28-18-7-9-19(10-8-18)30-13-11-25-12-14-30/h7-10,15-17,25H,3-6,11-14H2,1-2H3,(H2,26,27,28,29). The summed E-state index contributed by atoms with van der Waals surface area (Å²) >= 11 is 0. The number of ether oxygens (including phenoxy) is 1. The summed E-state index contributed by atoms with van der Waals surface area (Å²) < 4.78 is 4.74. The highest BCUT2D eigenvalue weighted by Gasteiger charge is 2.28. The van der Waals surface area contributed by atoms with Gasteiger partial charge in [0.2, 0.25) is 5.95 Å². The molecule has 1 aliphatic carbocycles. The molecule has 0 spiro atoms. The van der Waals surface area contributed by atoms with E-state index in [9.17, 15) is 9.59 Å². The lowest BCUT2D eigenvalue weighted by atomic mass is 10.0. The molecule has 176 valence electrons. The molecule has 0 radical (unpaired) electrons. The topological polar surface area (TPSA) is 108 Å². The Morgan fingerprint density at radius 1 is 1.15 bits per heavy atom. The van der Waals surface area contributed by atoms with Crippen molar-refractivity contribution < 1.29 is 14.3 Å².